The van der Waals surface area contributed by atoms with E-state index < -0.39 is 0 Å². The van der Waals surface area contributed by atoms with E-state index in [0.29, 0.717) is 0 Å². The highest BCUT2D eigenvalue weighted by molar-refractivity contribution is 4.80. The van der Waals surface area contributed by atoms with Crippen LogP contribution in [0.25, 0.3) is 0 Å². The molecule has 0 unspecified atom stereocenters. The van der Waals surface area contributed by atoms with Crippen LogP contribution in [-0.2, 0) is 0 Å². The second-order valence-corrected chi connectivity index (χ2v) is 2.62. The van der Waals surface area contributed by atoms with Gasteiger partial charge in [-0.15, -0.1) is 0 Å². The van der Waals surface area contributed by atoms with Gasteiger partial charge in [-0.1, -0.05) is 36.4 Å². The van der Waals surface area contributed by atoms with Gasteiger partial charge in [0, 0.05) is 0 Å². The molecule has 0 atom stereocenters. The van der Waals surface area contributed by atoms with E-state index in [-0.39, 0.29) is 0 Å². The Morgan fingerprint density at radius 3 is 0.611 bits per heavy atom. The first-order chi connectivity index (χ1) is 9.00. The van der Waals surface area contributed by atoms with Crippen LogP contribution in [0.2, 0.25) is 0 Å². The van der Waals surface area contributed by atoms with Crippen molar-refractivity contribution < 1.29 is 0 Å². The van der Waals surface area contributed by atoms with E-state index >= 15 is 0 Å². The van der Waals surface area contributed by atoms with Crippen LogP contribution in [-0.4, -0.2) is 0 Å². The van der Waals surface area contributed by atoms with E-state index in [2.05, 4.69) is 72.8 Å². The molecule has 0 saturated heterocycles. The Morgan fingerprint density at radius 1 is 0.278 bits per heavy atom. The van der Waals surface area contributed by atoms with Gasteiger partial charge < -0.3 is 0 Å². The van der Waals surface area contributed by atoms with Gasteiger partial charge in [0.1, 0.15) is 0 Å². The second-order valence-electron chi connectivity index (χ2n) is 2.62. The Kier molecular flexibility index (Phi) is 7.10. The maximum Gasteiger partial charge on any atom is -0.00246 e. The highest BCUT2D eigenvalue weighted by Gasteiger charge is 1.48. The predicted octanol–water partition coefficient (Wildman–Crippen LogP) is 2.66. The molecule has 1 aromatic rings. The van der Waals surface area contributed by atoms with Crippen molar-refractivity contribution >= 4 is 0 Å². The summed E-state index contributed by atoms with van der Waals surface area (Å²) in [7, 11) is 0. The molecule has 0 heterocycles. The quantitative estimate of drug-likeness (QED) is 0.633. The standard InChI is InChI=1S/C18H6/c1-2-4-6-8-10-12-14-16-18-17-15-13-11-9-7-5-3-1/h1-2,11-14H. The van der Waals surface area contributed by atoms with Gasteiger partial charge in [0.2, 0.25) is 0 Å². The lowest BCUT2D eigenvalue weighted by Gasteiger charge is -1.51. The van der Waals surface area contributed by atoms with Crippen molar-refractivity contribution in [1.82, 2.24) is 0 Å². The molecule has 1 rings (SSSR count). The van der Waals surface area contributed by atoms with Crippen LogP contribution < -0.4 is 0 Å². The van der Waals surface area contributed by atoms with Crippen LogP contribution in [0.1, 0.15) is 0 Å². The minimum absolute atomic E-state index is 1.62. The molecule has 0 aliphatic carbocycles. The SMILES string of the molecule is c1c#cccc#cc#cccc#cc#cccc#1. The maximum atomic E-state index is 2.73. The van der Waals surface area contributed by atoms with Crippen LogP contribution in [0.3, 0.4) is 0 Å². The Hall–Kier alpha value is -3.42. The highest BCUT2D eigenvalue weighted by atomic mass is 13.5. The summed E-state index contributed by atoms with van der Waals surface area (Å²) in [4.78, 5) is 0. The van der Waals surface area contributed by atoms with Gasteiger partial charge in [-0.2, -0.15) is 0 Å². The molecule has 0 nitrogen and oxygen atoms in total. The van der Waals surface area contributed by atoms with Gasteiger partial charge >= 0.3 is 0 Å². The van der Waals surface area contributed by atoms with Crippen LogP contribution in [0, 0.1) is 72.8 Å². The molecule has 0 bridgehead atoms. The van der Waals surface area contributed by atoms with Crippen molar-refractivity contribution in [2.24, 2.45) is 0 Å². The molecule has 0 fully saturated rings. The molecule has 18 heavy (non-hydrogen) atoms. The normalized spacial score (nSPS) is 5.33. The Bertz CT molecular complexity index is 291. The van der Waals surface area contributed by atoms with Gasteiger partial charge in [0.25, 0.3) is 0 Å². The third-order valence-corrected chi connectivity index (χ3v) is 1.37. The third kappa shape index (κ3) is 7.94. The summed E-state index contributed by atoms with van der Waals surface area (Å²) in [6.45, 7) is 0. The summed E-state index contributed by atoms with van der Waals surface area (Å²) in [6.07, 6.45) is 0. The van der Waals surface area contributed by atoms with Crippen molar-refractivity contribution in [2.75, 3.05) is 0 Å². The first-order valence-corrected chi connectivity index (χ1v) is 4.98. The zero-order valence-electron chi connectivity index (χ0n) is 9.46. The average Bonchev–Trinajstić information content (AvgIpc) is 2.39. The Labute approximate surface area is 110 Å². The van der Waals surface area contributed by atoms with Crippen molar-refractivity contribution in [1.29, 1.82) is 0 Å². The zero-order chi connectivity index (χ0) is 12.7. The number of hydrogen-bond donors (Lipinski definition) is 0. The first-order valence-electron chi connectivity index (χ1n) is 4.98. The molecule has 0 amide bonds. The molecule has 0 spiro atoms. The smallest absolute Gasteiger partial charge is 0.00246 e. The molecule has 0 saturated carbocycles. The topological polar surface area (TPSA) is 0 Å². The number of rotatable bonds is 0. The van der Waals surface area contributed by atoms with Gasteiger partial charge in [-0.3, -0.25) is 0 Å². The lowest BCUT2D eigenvalue weighted by Crippen LogP contribution is -1.37. The molecule has 1 aromatic carbocycles. The summed E-state index contributed by atoms with van der Waals surface area (Å²) in [5, 5.41) is 0. The van der Waals surface area contributed by atoms with Crippen molar-refractivity contribution in [3.05, 3.63) is 109 Å². The minimum atomic E-state index is 1.62. The largest absolute Gasteiger partial charge is 0.0601 e. The molecule has 0 aromatic heterocycles. The van der Waals surface area contributed by atoms with E-state index in [0.717, 1.165) is 0 Å². The predicted molar refractivity (Wildman–Crippen MR) is 65.4 cm³/mol. The molecule has 0 aliphatic rings. The summed E-state index contributed by atoms with van der Waals surface area (Å²) >= 11 is 0. The fourth-order valence-electron chi connectivity index (χ4n) is 0.717. The van der Waals surface area contributed by atoms with Gasteiger partial charge in [-0.25, -0.2) is 0 Å². The third-order valence-electron chi connectivity index (χ3n) is 1.37. The van der Waals surface area contributed by atoms with Crippen LogP contribution in [0.5, 0.6) is 0 Å². The van der Waals surface area contributed by atoms with E-state index in [1.54, 1.807) is 36.4 Å². The fraction of sp³-hybridized carbons (Fsp3) is 0. The highest BCUT2D eigenvalue weighted by Crippen LogP contribution is 1.62. The summed E-state index contributed by atoms with van der Waals surface area (Å²) in [6, 6.07) is 42.0. The first kappa shape index (κ1) is 12.6. The zero-order valence-corrected chi connectivity index (χ0v) is 9.46. The second kappa shape index (κ2) is 10.1. The van der Waals surface area contributed by atoms with Crippen LogP contribution in [0.15, 0.2) is 36.4 Å². The molecule has 0 heteroatoms. The molecule has 0 N–H and O–H groups in total. The van der Waals surface area contributed by atoms with Crippen molar-refractivity contribution in [2.45, 2.75) is 0 Å². The van der Waals surface area contributed by atoms with Gasteiger partial charge in [0.05, 0.1) is 0 Å². The van der Waals surface area contributed by atoms with E-state index in [1.165, 1.54) is 0 Å². The van der Waals surface area contributed by atoms with E-state index in [9.17, 15) is 0 Å². The maximum absolute atomic E-state index is 2.73. The summed E-state index contributed by atoms with van der Waals surface area (Å²) < 4.78 is 0. The molecular formula is C18H6. The van der Waals surface area contributed by atoms with E-state index in [4.69, 9.17) is 0 Å². The average molecular weight is 222 g/mol. The fourth-order valence-corrected chi connectivity index (χ4v) is 0.717. The summed E-state index contributed by atoms with van der Waals surface area (Å²) in [5.74, 6) is 0. The van der Waals surface area contributed by atoms with E-state index in [1.807, 2.05) is 0 Å². The molecule has 78 valence electrons. The van der Waals surface area contributed by atoms with Gasteiger partial charge in [0.15, 0.2) is 0 Å². The Balaban J connectivity index is 3.00. The van der Waals surface area contributed by atoms with Crippen LogP contribution >= 0.6 is 0 Å². The lowest BCUT2D eigenvalue weighted by molar-refractivity contribution is 1.80. The van der Waals surface area contributed by atoms with Gasteiger partial charge in [-0.05, 0) is 72.8 Å². The lowest BCUT2D eigenvalue weighted by atomic mass is 10.5. The van der Waals surface area contributed by atoms with Crippen molar-refractivity contribution in [3.8, 4) is 0 Å². The van der Waals surface area contributed by atoms with Crippen molar-refractivity contribution in [3.63, 3.8) is 0 Å². The monoisotopic (exact) mass is 222 g/mol. The molecule has 0 radical (unpaired) electrons. The molecule has 0 aliphatic heterocycles. The summed E-state index contributed by atoms with van der Waals surface area (Å²) in [5.41, 5.74) is 0. The molecular weight excluding hydrogens is 216 g/mol. The Morgan fingerprint density at radius 2 is 0.444 bits per heavy atom. The number of hydrogen-bond acceptors (Lipinski definition) is 0. The minimum Gasteiger partial charge on any atom is -0.0601 e. The van der Waals surface area contributed by atoms with Crippen LogP contribution in [0.4, 0.5) is 0 Å².